The summed E-state index contributed by atoms with van der Waals surface area (Å²) < 4.78 is 19.9. The molecule has 0 bridgehead atoms. The predicted octanol–water partition coefficient (Wildman–Crippen LogP) is 5.12. The minimum atomic E-state index is -0.610. The molecule has 0 N–H and O–H groups in total. The lowest BCUT2D eigenvalue weighted by atomic mass is 9.96. The van der Waals surface area contributed by atoms with Gasteiger partial charge in [0.05, 0.1) is 5.02 Å². The monoisotopic (exact) mass is 358 g/mol. The van der Waals surface area contributed by atoms with Crippen LogP contribution in [0.2, 0.25) is 5.02 Å². The number of hydrogen-bond acceptors (Lipinski definition) is 3. The van der Waals surface area contributed by atoms with Crippen LogP contribution in [0.15, 0.2) is 28.9 Å². The number of benzene rings is 1. The molecule has 0 atom stereocenters. The summed E-state index contributed by atoms with van der Waals surface area (Å²) in [7, 11) is 0. The van der Waals surface area contributed by atoms with Crippen molar-refractivity contribution in [2.24, 2.45) is 0 Å². The second-order valence-electron chi connectivity index (χ2n) is 5.26. The summed E-state index contributed by atoms with van der Waals surface area (Å²) in [6.45, 7) is 5.95. The third kappa shape index (κ3) is 3.46. The Balaban J connectivity index is 2.39. The van der Waals surface area contributed by atoms with E-state index in [4.69, 9.17) is 16.3 Å². The zero-order valence-electron chi connectivity index (χ0n) is 11.2. The fourth-order valence-corrected chi connectivity index (χ4v) is 1.99. The van der Waals surface area contributed by atoms with Crippen molar-refractivity contribution >= 4 is 27.5 Å². The standard InChI is InChI=1S/C14H13BrClFN2O/c1-14(2,3)13-18-10(15)7-11(19-13)20-9-6-4-5-8(16)12(9)17/h4-7H,1-3H3. The van der Waals surface area contributed by atoms with Gasteiger partial charge in [-0.05, 0) is 28.1 Å². The molecule has 0 radical (unpaired) electrons. The molecule has 2 rings (SSSR count). The van der Waals surface area contributed by atoms with E-state index in [-0.39, 0.29) is 22.1 Å². The van der Waals surface area contributed by atoms with Crippen molar-refractivity contribution in [1.82, 2.24) is 9.97 Å². The largest absolute Gasteiger partial charge is 0.436 e. The van der Waals surface area contributed by atoms with Crippen LogP contribution in [0.3, 0.4) is 0 Å². The van der Waals surface area contributed by atoms with Crippen LogP contribution in [-0.2, 0) is 5.41 Å². The maximum atomic E-state index is 13.8. The van der Waals surface area contributed by atoms with Crippen molar-refractivity contribution in [1.29, 1.82) is 0 Å². The quantitative estimate of drug-likeness (QED) is 0.698. The van der Waals surface area contributed by atoms with Crippen molar-refractivity contribution in [3.63, 3.8) is 0 Å². The normalized spacial score (nSPS) is 11.5. The minimum Gasteiger partial charge on any atom is -0.436 e. The van der Waals surface area contributed by atoms with Crippen LogP contribution in [0, 0.1) is 5.82 Å². The van der Waals surface area contributed by atoms with Crippen LogP contribution in [0.1, 0.15) is 26.6 Å². The molecule has 0 unspecified atom stereocenters. The first kappa shape index (κ1) is 15.2. The molecule has 0 saturated heterocycles. The Morgan fingerprint density at radius 3 is 2.60 bits per heavy atom. The molecule has 0 aliphatic rings. The van der Waals surface area contributed by atoms with Gasteiger partial charge in [-0.2, -0.15) is 4.98 Å². The van der Waals surface area contributed by atoms with Crippen LogP contribution < -0.4 is 4.74 Å². The van der Waals surface area contributed by atoms with E-state index in [2.05, 4.69) is 25.9 Å². The maximum absolute atomic E-state index is 13.8. The van der Waals surface area contributed by atoms with E-state index in [1.165, 1.54) is 12.1 Å². The Kier molecular flexibility index (Phi) is 4.30. The smallest absolute Gasteiger partial charge is 0.223 e. The Hall–Kier alpha value is -1.20. The third-order valence-corrected chi connectivity index (χ3v) is 3.17. The van der Waals surface area contributed by atoms with E-state index in [1.54, 1.807) is 12.1 Å². The second kappa shape index (κ2) is 5.66. The van der Waals surface area contributed by atoms with Gasteiger partial charge in [-0.3, -0.25) is 0 Å². The Morgan fingerprint density at radius 1 is 1.25 bits per heavy atom. The zero-order chi connectivity index (χ0) is 14.9. The van der Waals surface area contributed by atoms with Gasteiger partial charge in [0, 0.05) is 11.5 Å². The van der Waals surface area contributed by atoms with E-state index in [9.17, 15) is 4.39 Å². The molecule has 0 saturated carbocycles. The van der Waals surface area contributed by atoms with Gasteiger partial charge in [0.2, 0.25) is 5.88 Å². The van der Waals surface area contributed by atoms with Crippen molar-refractivity contribution in [3.8, 4) is 11.6 Å². The highest BCUT2D eigenvalue weighted by molar-refractivity contribution is 9.10. The third-order valence-electron chi connectivity index (χ3n) is 2.47. The maximum Gasteiger partial charge on any atom is 0.223 e. The molecule has 0 fully saturated rings. The average molecular weight is 360 g/mol. The molecule has 2 aromatic rings. The van der Waals surface area contributed by atoms with Crippen molar-refractivity contribution < 1.29 is 9.13 Å². The van der Waals surface area contributed by atoms with Gasteiger partial charge < -0.3 is 4.74 Å². The number of aromatic nitrogens is 2. The summed E-state index contributed by atoms with van der Waals surface area (Å²) in [5.41, 5.74) is -0.241. The van der Waals surface area contributed by atoms with Gasteiger partial charge in [-0.1, -0.05) is 38.4 Å². The second-order valence-corrected chi connectivity index (χ2v) is 6.48. The lowest BCUT2D eigenvalue weighted by Gasteiger charge is -2.17. The first-order chi connectivity index (χ1) is 9.27. The lowest BCUT2D eigenvalue weighted by molar-refractivity contribution is 0.416. The molecule has 0 aliphatic heterocycles. The first-order valence-corrected chi connectivity index (χ1v) is 7.11. The molecule has 1 aromatic heterocycles. The summed E-state index contributed by atoms with van der Waals surface area (Å²) in [6, 6.07) is 6.14. The highest BCUT2D eigenvalue weighted by atomic mass is 79.9. The van der Waals surface area contributed by atoms with E-state index in [1.807, 2.05) is 20.8 Å². The van der Waals surface area contributed by atoms with Gasteiger partial charge in [-0.15, -0.1) is 0 Å². The van der Waals surface area contributed by atoms with Crippen LogP contribution in [-0.4, -0.2) is 9.97 Å². The van der Waals surface area contributed by atoms with Gasteiger partial charge >= 0.3 is 0 Å². The van der Waals surface area contributed by atoms with Crippen LogP contribution in [0.4, 0.5) is 4.39 Å². The van der Waals surface area contributed by atoms with Crippen molar-refractivity contribution in [2.45, 2.75) is 26.2 Å². The average Bonchev–Trinajstić information content (AvgIpc) is 2.33. The molecule has 6 heteroatoms. The number of ether oxygens (including phenoxy) is 1. The molecule has 106 valence electrons. The Labute approximate surface area is 130 Å². The fourth-order valence-electron chi connectivity index (χ4n) is 1.46. The summed E-state index contributed by atoms with van der Waals surface area (Å²) in [5.74, 6) is 0.284. The molecule has 1 heterocycles. The molecule has 1 aromatic carbocycles. The van der Waals surface area contributed by atoms with Gasteiger partial charge in [-0.25, -0.2) is 9.37 Å². The molecule has 0 spiro atoms. The summed E-state index contributed by atoms with van der Waals surface area (Å²) in [5, 5.41) is 0.00617. The SMILES string of the molecule is CC(C)(C)c1nc(Br)cc(Oc2cccc(Cl)c2F)n1. The van der Waals surface area contributed by atoms with E-state index >= 15 is 0 Å². The highest BCUT2D eigenvalue weighted by Crippen LogP contribution is 2.30. The van der Waals surface area contributed by atoms with Crippen LogP contribution in [0.5, 0.6) is 11.6 Å². The summed E-state index contributed by atoms with van der Waals surface area (Å²) in [6.07, 6.45) is 0. The van der Waals surface area contributed by atoms with Gasteiger partial charge in [0.25, 0.3) is 0 Å². The zero-order valence-corrected chi connectivity index (χ0v) is 13.6. The highest BCUT2D eigenvalue weighted by Gasteiger charge is 2.20. The molecular weight excluding hydrogens is 347 g/mol. The fraction of sp³-hybridized carbons (Fsp3) is 0.286. The van der Waals surface area contributed by atoms with Crippen LogP contribution >= 0.6 is 27.5 Å². The molecule has 0 amide bonds. The minimum absolute atomic E-state index is 0.00617. The predicted molar refractivity (Wildman–Crippen MR) is 79.9 cm³/mol. The molecule has 20 heavy (non-hydrogen) atoms. The number of rotatable bonds is 2. The first-order valence-electron chi connectivity index (χ1n) is 5.94. The Bertz CT molecular complexity index is 644. The van der Waals surface area contributed by atoms with E-state index < -0.39 is 5.82 Å². The van der Waals surface area contributed by atoms with Crippen molar-refractivity contribution in [3.05, 3.63) is 45.5 Å². The van der Waals surface area contributed by atoms with Gasteiger partial charge in [0.15, 0.2) is 11.6 Å². The van der Waals surface area contributed by atoms with Gasteiger partial charge in [0.1, 0.15) is 10.4 Å². The number of halogens is 3. The number of nitrogens with zero attached hydrogens (tertiary/aromatic N) is 2. The van der Waals surface area contributed by atoms with Crippen molar-refractivity contribution in [2.75, 3.05) is 0 Å². The van der Waals surface area contributed by atoms with Crippen LogP contribution in [0.25, 0.3) is 0 Å². The summed E-state index contributed by atoms with van der Waals surface area (Å²) >= 11 is 9.02. The molecule has 0 aliphatic carbocycles. The lowest BCUT2D eigenvalue weighted by Crippen LogP contribution is -2.16. The topological polar surface area (TPSA) is 35.0 Å². The molecule has 3 nitrogen and oxygen atoms in total. The van der Waals surface area contributed by atoms with E-state index in [0.717, 1.165) is 0 Å². The van der Waals surface area contributed by atoms with E-state index in [0.29, 0.717) is 10.4 Å². The molecular formula is C14H13BrClFN2O. The number of hydrogen-bond donors (Lipinski definition) is 0. The summed E-state index contributed by atoms with van der Waals surface area (Å²) in [4.78, 5) is 8.59. The Morgan fingerprint density at radius 2 is 1.95 bits per heavy atom.